The third kappa shape index (κ3) is 4.91. The maximum absolute atomic E-state index is 5.71. The number of nitrogens with one attached hydrogen (secondary N) is 1. The average molecular weight is 281 g/mol. The zero-order valence-electron chi connectivity index (χ0n) is 13.8. The first kappa shape index (κ1) is 17.2. The predicted molar refractivity (Wildman–Crippen MR) is 84.0 cm³/mol. The van der Waals surface area contributed by atoms with Crippen LogP contribution in [0.4, 0.5) is 0 Å². The summed E-state index contributed by atoms with van der Waals surface area (Å²) < 4.78 is 7.85. The summed E-state index contributed by atoms with van der Waals surface area (Å²) >= 11 is 0. The van der Waals surface area contributed by atoms with Gasteiger partial charge in [-0.3, -0.25) is 4.68 Å². The van der Waals surface area contributed by atoms with Crippen molar-refractivity contribution in [2.45, 2.75) is 60.0 Å². The molecule has 0 spiro atoms. The van der Waals surface area contributed by atoms with Crippen molar-refractivity contribution in [3.63, 3.8) is 0 Å². The molecule has 20 heavy (non-hydrogen) atoms. The molecule has 0 fully saturated rings. The Balaban J connectivity index is 2.60. The Kier molecular flexibility index (Phi) is 7.85. The maximum atomic E-state index is 5.71. The molecule has 1 heterocycles. The summed E-state index contributed by atoms with van der Waals surface area (Å²) in [4.78, 5) is 0. The van der Waals surface area contributed by atoms with Crippen molar-refractivity contribution >= 4 is 0 Å². The molecule has 116 valence electrons. The molecule has 0 atom stereocenters. The van der Waals surface area contributed by atoms with Gasteiger partial charge in [0.25, 0.3) is 0 Å². The molecule has 0 amide bonds. The van der Waals surface area contributed by atoms with E-state index < -0.39 is 0 Å². The monoisotopic (exact) mass is 281 g/mol. The number of hydrogen-bond acceptors (Lipinski definition) is 3. The summed E-state index contributed by atoms with van der Waals surface area (Å²) in [5.74, 6) is 0.708. The molecule has 0 aliphatic carbocycles. The second-order valence-corrected chi connectivity index (χ2v) is 5.63. The third-order valence-electron chi connectivity index (χ3n) is 3.56. The van der Waals surface area contributed by atoms with Gasteiger partial charge in [-0.25, -0.2) is 0 Å². The van der Waals surface area contributed by atoms with Crippen molar-refractivity contribution in [3.8, 4) is 0 Å². The quantitative estimate of drug-likeness (QED) is 0.670. The van der Waals surface area contributed by atoms with Crippen LogP contribution in [0.2, 0.25) is 0 Å². The fraction of sp³-hybridized carbons (Fsp3) is 0.812. The van der Waals surface area contributed by atoms with Gasteiger partial charge in [-0.05, 0) is 32.2 Å². The van der Waals surface area contributed by atoms with E-state index in [1.165, 1.54) is 17.0 Å². The number of aromatic nitrogens is 2. The Morgan fingerprint density at radius 1 is 1.20 bits per heavy atom. The third-order valence-corrected chi connectivity index (χ3v) is 3.56. The van der Waals surface area contributed by atoms with Crippen molar-refractivity contribution in [1.29, 1.82) is 0 Å². The number of rotatable bonds is 10. The van der Waals surface area contributed by atoms with E-state index in [4.69, 9.17) is 9.84 Å². The largest absolute Gasteiger partial charge is 0.380 e. The van der Waals surface area contributed by atoms with Gasteiger partial charge in [-0.15, -0.1) is 0 Å². The van der Waals surface area contributed by atoms with Crippen LogP contribution in [-0.2, 0) is 30.7 Å². The molecular formula is C16H31N3O. The fourth-order valence-electron chi connectivity index (χ4n) is 2.41. The molecule has 0 saturated heterocycles. The first-order valence-corrected chi connectivity index (χ1v) is 7.93. The van der Waals surface area contributed by atoms with E-state index in [1.807, 2.05) is 7.05 Å². The molecule has 1 aromatic rings. The Morgan fingerprint density at radius 3 is 2.50 bits per heavy atom. The van der Waals surface area contributed by atoms with E-state index >= 15 is 0 Å². The zero-order valence-corrected chi connectivity index (χ0v) is 13.8. The van der Waals surface area contributed by atoms with E-state index in [0.717, 1.165) is 45.6 Å². The number of ether oxygens (including phenoxy) is 1. The topological polar surface area (TPSA) is 39.1 Å². The van der Waals surface area contributed by atoms with Gasteiger partial charge >= 0.3 is 0 Å². The first-order chi connectivity index (χ1) is 9.63. The van der Waals surface area contributed by atoms with Gasteiger partial charge < -0.3 is 10.1 Å². The molecule has 4 nitrogen and oxygen atoms in total. The van der Waals surface area contributed by atoms with Crippen LogP contribution in [0.1, 0.15) is 51.1 Å². The maximum Gasteiger partial charge on any atom is 0.0669 e. The van der Waals surface area contributed by atoms with Crippen LogP contribution in [0, 0.1) is 5.92 Å². The minimum atomic E-state index is 0.708. The normalized spacial score (nSPS) is 11.5. The molecule has 0 radical (unpaired) electrons. The minimum absolute atomic E-state index is 0.708. The molecule has 0 saturated carbocycles. The summed E-state index contributed by atoms with van der Waals surface area (Å²) in [6, 6.07) is 0. The van der Waals surface area contributed by atoms with Crippen LogP contribution in [0.5, 0.6) is 0 Å². The van der Waals surface area contributed by atoms with Crippen molar-refractivity contribution in [1.82, 2.24) is 15.1 Å². The van der Waals surface area contributed by atoms with Gasteiger partial charge in [0.2, 0.25) is 0 Å². The minimum Gasteiger partial charge on any atom is -0.380 e. The van der Waals surface area contributed by atoms with Gasteiger partial charge in [0, 0.05) is 24.4 Å². The lowest BCUT2D eigenvalue weighted by Gasteiger charge is -2.09. The standard InChI is InChI=1S/C16H31N3O/c1-6-15-14(12-17-5)16(7-2)19(18-15)9-11-20-10-8-13(3)4/h13,17H,6-12H2,1-5H3. The lowest BCUT2D eigenvalue weighted by Crippen LogP contribution is -2.13. The molecule has 0 aliphatic heterocycles. The van der Waals surface area contributed by atoms with Gasteiger partial charge in [0.15, 0.2) is 0 Å². The smallest absolute Gasteiger partial charge is 0.0669 e. The molecule has 0 unspecified atom stereocenters. The van der Waals surface area contributed by atoms with Crippen LogP contribution in [0.25, 0.3) is 0 Å². The number of aryl methyl sites for hydroxylation is 1. The summed E-state index contributed by atoms with van der Waals surface area (Å²) in [7, 11) is 1.99. The van der Waals surface area contributed by atoms with Crippen molar-refractivity contribution in [2.24, 2.45) is 5.92 Å². The van der Waals surface area contributed by atoms with Crippen molar-refractivity contribution in [2.75, 3.05) is 20.3 Å². The van der Waals surface area contributed by atoms with E-state index in [0.29, 0.717) is 5.92 Å². The lowest BCUT2D eigenvalue weighted by molar-refractivity contribution is 0.113. The van der Waals surface area contributed by atoms with Crippen LogP contribution in [0.3, 0.4) is 0 Å². The molecule has 0 aliphatic rings. The molecule has 1 N–H and O–H groups in total. The van der Waals surface area contributed by atoms with E-state index in [1.54, 1.807) is 0 Å². The Morgan fingerprint density at radius 2 is 1.95 bits per heavy atom. The molecule has 0 bridgehead atoms. The first-order valence-electron chi connectivity index (χ1n) is 7.93. The van der Waals surface area contributed by atoms with Gasteiger partial charge in [0.1, 0.15) is 0 Å². The Bertz CT molecular complexity index is 385. The summed E-state index contributed by atoms with van der Waals surface area (Å²) in [5, 5.41) is 8.00. The summed E-state index contributed by atoms with van der Waals surface area (Å²) in [5.41, 5.74) is 3.95. The highest BCUT2D eigenvalue weighted by Crippen LogP contribution is 2.16. The highest BCUT2D eigenvalue weighted by atomic mass is 16.5. The molecule has 1 aromatic heterocycles. The van der Waals surface area contributed by atoms with Crippen LogP contribution < -0.4 is 5.32 Å². The second kappa shape index (κ2) is 9.14. The average Bonchev–Trinajstić information content (AvgIpc) is 2.75. The number of hydrogen-bond donors (Lipinski definition) is 1. The molecule has 0 aromatic carbocycles. The SMILES string of the molecule is CCc1nn(CCOCCC(C)C)c(CC)c1CNC. The van der Waals surface area contributed by atoms with Crippen LogP contribution in [-0.4, -0.2) is 30.0 Å². The van der Waals surface area contributed by atoms with Gasteiger partial charge in [-0.1, -0.05) is 27.7 Å². The predicted octanol–water partition coefficient (Wildman–Crippen LogP) is 2.79. The van der Waals surface area contributed by atoms with E-state index in [-0.39, 0.29) is 0 Å². The van der Waals surface area contributed by atoms with Crippen LogP contribution >= 0.6 is 0 Å². The molecular weight excluding hydrogens is 250 g/mol. The van der Waals surface area contributed by atoms with Gasteiger partial charge in [-0.2, -0.15) is 5.10 Å². The second-order valence-electron chi connectivity index (χ2n) is 5.63. The van der Waals surface area contributed by atoms with Crippen LogP contribution in [0.15, 0.2) is 0 Å². The highest BCUT2D eigenvalue weighted by Gasteiger charge is 2.14. The number of nitrogens with zero attached hydrogens (tertiary/aromatic N) is 2. The summed E-state index contributed by atoms with van der Waals surface area (Å²) in [6.45, 7) is 12.2. The Hall–Kier alpha value is -0.870. The van der Waals surface area contributed by atoms with Gasteiger partial charge in [0.05, 0.1) is 18.8 Å². The van der Waals surface area contributed by atoms with Crippen molar-refractivity contribution < 1.29 is 4.74 Å². The zero-order chi connectivity index (χ0) is 15.0. The molecule has 4 heteroatoms. The lowest BCUT2D eigenvalue weighted by atomic mass is 10.1. The van der Waals surface area contributed by atoms with E-state index in [9.17, 15) is 0 Å². The van der Waals surface area contributed by atoms with E-state index in [2.05, 4.69) is 37.7 Å². The molecule has 1 rings (SSSR count). The van der Waals surface area contributed by atoms with Crippen molar-refractivity contribution in [3.05, 3.63) is 17.0 Å². The Labute approximate surface area is 123 Å². The fourth-order valence-corrected chi connectivity index (χ4v) is 2.41. The summed E-state index contributed by atoms with van der Waals surface area (Å²) in [6.07, 6.45) is 3.15. The highest BCUT2D eigenvalue weighted by molar-refractivity contribution is 5.26.